The third-order valence-corrected chi connectivity index (χ3v) is 7.65. The van der Waals surface area contributed by atoms with Crippen LogP contribution in [0, 0.1) is 0 Å². The van der Waals surface area contributed by atoms with Crippen molar-refractivity contribution in [1.82, 2.24) is 14.7 Å². The van der Waals surface area contributed by atoms with Crippen LogP contribution in [0.2, 0.25) is 0 Å². The second-order valence-electron chi connectivity index (χ2n) is 10.4. The summed E-state index contributed by atoms with van der Waals surface area (Å²) < 4.78 is 10.7. The molecule has 0 N–H and O–H groups in total. The van der Waals surface area contributed by atoms with Crippen LogP contribution < -0.4 is 9.80 Å². The van der Waals surface area contributed by atoms with Crippen LogP contribution in [0.15, 0.2) is 53.5 Å². The molecule has 0 bridgehead atoms. The Morgan fingerprint density at radius 1 is 0.947 bits per heavy atom. The number of aliphatic imine (C=N–C) groups is 1. The first kappa shape index (κ1) is 26.5. The Hall–Kier alpha value is -3.14. The Kier molecular flexibility index (Phi) is 8.46. The van der Waals surface area contributed by atoms with Gasteiger partial charge in [0.2, 0.25) is 5.96 Å². The third kappa shape index (κ3) is 5.95. The lowest BCUT2D eigenvalue weighted by Crippen LogP contribution is -2.55. The van der Waals surface area contributed by atoms with Crippen LogP contribution >= 0.6 is 0 Å². The monoisotopic (exact) mass is 520 g/mol. The molecule has 38 heavy (non-hydrogen) atoms. The van der Waals surface area contributed by atoms with Gasteiger partial charge in [-0.05, 0) is 44.4 Å². The summed E-state index contributed by atoms with van der Waals surface area (Å²) in [5, 5.41) is 0. The number of esters is 1. The molecule has 0 spiro atoms. The van der Waals surface area contributed by atoms with Crippen LogP contribution in [0.3, 0.4) is 0 Å². The van der Waals surface area contributed by atoms with E-state index < -0.39 is 0 Å². The number of fused-ring (bicyclic) bond motifs is 1. The number of guanidine groups is 1. The first-order valence-corrected chi connectivity index (χ1v) is 13.6. The molecular formula is C29H40N6O3. The topological polar surface area (TPSA) is 64.1 Å². The van der Waals surface area contributed by atoms with Crippen LogP contribution in [-0.4, -0.2) is 113 Å². The Labute approximate surface area is 226 Å². The Bertz CT molecular complexity index is 1110. The SMILES string of the molecule is COC(=O)CC1c2ccccc2N=C(N2CCN(CCN(C)C)CC2)N1c1ccc(N2CCOCC2)cc1. The number of piperazine rings is 1. The lowest BCUT2D eigenvalue weighted by atomic mass is 9.97. The standard InChI is InChI=1S/C29H40N6O3/c1-31(2)12-13-32-14-16-34(17-15-32)29-30-26-7-5-4-6-25(26)27(22-28(36)37-3)35(29)24-10-8-23(9-11-24)33-18-20-38-21-19-33/h4-11,27H,12-22H2,1-3H3. The molecule has 1 unspecified atom stereocenters. The van der Waals surface area contributed by atoms with Gasteiger partial charge in [0.1, 0.15) is 0 Å². The number of rotatable bonds is 7. The van der Waals surface area contributed by atoms with Crippen molar-refractivity contribution < 1.29 is 14.3 Å². The maximum absolute atomic E-state index is 12.6. The Balaban J connectivity index is 1.46. The van der Waals surface area contributed by atoms with Gasteiger partial charge in [-0.2, -0.15) is 0 Å². The van der Waals surface area contributed by atoms with E-state index >= 15 is 0 Å². The van der Waals surface area contributed by atoms with E-state index in [1.165, 1.54) is 12.8 Å². The second-order valence-corrected chi connectivity index (χ2v) is 10.4. The predicted molar refractivity (Wildman–Crippen MR) is 151 cm³/mol. The minimum Gasteiger partial charge on any atom is -0.469 e. The summed E-state index contributed by atoms with van der Waals surface area (Å²) in [6.07, 6.45) is 0.251. The number of carbonyl (C=O) groups excluding carboxylic acids is 1. The van der Waals surface area contributed by atoms with E-state index in [0.717, 1.165) is 88.5 Å². The number of benzene rings is 2. The number of ether oxygens (including phenoxy) is 2. The number of likely N-dealkylation sites (N-methyl/N-ethyl adjacent to an activating group) is 1. The maximum Gasteiger partial charge on any atom is 0.307 e. The molecule has 0 radical (unpaired) electrons. The minimum atomic E-state index is -0.227. The Morgan fingerprint density at radius 2 is 1.63 bits per heavy atom. The van der Waals surface area contributed by atoms with Crippen molar-refractivity contribution in [3.05, 3.63) is 54.1 Å². The molecule has 3 aliphatic rings. The average molecular weight is 521 g/mol. The molecule has 0 saturated carbocycles. The summed E-state index contributed by atoms with van der Waals surface area (Å²) in [5.41, 5.74) is 4.18. The van der Waals surface area contributed by atoms with Crippen molar-refractivity contribution in [3.8, 4) is 0 Å². The highest BCUT2D eigenvalue weighted by Crippen LogP contribution is 2.41. The van der Waals surface area contributed by atoms with Crippen LogP contribution in [0.4, 0.5) is 17.1 Å². The van der Waals surface area contributed by atoms with E-state index in [9.17, 15) is 4.79 Å². The van der Waals surface area contributed by atoms with Gasteiger partial charge < -0.3 is 29.1 Å². The van der Waals surface area contributed by atoms with E-state index in [4.69, 9.17) is 14.5 Å². The number of morpholine rings is 1. The van der Waals surface area contributed by atoms with E-state index in [-0.39, 0.29) is 18.4 Å². The zero-order chi connectivity index (χ0) is 26.5. The molecule has 1 atom stereocenters. The van der Waals surface area contributed by atoms with Gasteiger partial charge in [-0.1, -0.05) is 18.2 Å². The summed E-state index contributed by atoms with van der Waals surface area (Å²) >= 11 is 0. The lowest BCUT2D eigenvalue weighted by Gasteiger charge is -2.45. The zero-order valence-electron chi connectivity index (χ0n) is 22.9. The normalized spacial score (nSPS) is 20.4. The first-order chi connectivity index (χ1) is 18.5. The van der Waals surface area contributed by atoms with Gasteiger partial charge in [-0.3, -0.25) is 9.69 Å². The average Bonchev–Trinajstić information content (AvgIpc) is 2.96. The fourth-order valence-electron chi connectivity index (χ4n) is 5.43. The van der Waals surface area contributed by atoms with Crippen molar-refractivity contribution in [3.63, 3.8) is 0 Å². The fourth-order valence-corrected chi connectivity index (χ4v) is 5.43. The van der Waals surface area contributed by atoms with Gasteiger partial charge in [-0.25, -0.2) is 4.99 Å². The highest BCUT2D eigenvalue weighted by atomic mass is 16.5. The molecular weight excluding hydrogens is 480 g/mol. The molecule has 2 saturated heterocycles. The maximum atomic E-state index is 12.6. The minimum absolute atomic E-state index is 0.202. The van der Waals surface area contributed by atoms with Crippen molar-refractivity contribution in [1.29, 1.82) is 0 Å². The zero-order valence-corrected chi connectivity index (χ0v) is 22.9. The van der Waals surface area contributed by atoms with Gasteiger partial charge in [0.25, 0.3) is 0 Å². The molecule has 2 aromatic carbocycles. The Morgan fingerprint density at radius 3 is 2.32 bits per heavy atom. The van der Waals surface area contributed by atoms with Crippen LogP contribution in [0.1, 0.15) is 18.0 Å². The summed E-state index contributed by atoms with van der Waals surface area (Å²) in [5.74, 6) is 0.679. The van der Waals surface area contributed by atoms with Crippen molar-refractivity contribution >= 4 is 29.0 Å². The van der Waals surface area contributed by atoms with E-state index in [1.54, 1.807) is 0 Å². The summed E-state index contributed by atoms with van der Waals surface area (Å²) in [6, 6.07) is 16.6. The number of para-hydroxylation sites is 1. The number of hydrogen-bond donors (Lipinski definition) is 0. The number of anilines is 2. The molecule has 3 aliphatic heterocycles. The van der Waals surface area contributed by atoms with E-state index in [2.05, 4.69) is 68.9 Å². The van der Waals surface area contributed by atoms with Gasteiger partial charge in [0.15, 0.2) is 0 Å². The molecule has 9 nitrogen and oxygen atoms in total. The summed E-state index contributed by atoms with van der Waals surface area (Å²) in [6.45, 7) is 9.17. The van der Waals surface area contributed by atoms with Crippen molar-refractivity contribution in [2.24, 2.45) is 4.99 Å². The largest absolute Gasteiger partial charge is 0.469 e. The summed E-state index contributed by atoms with van der Waals surface area (Å²) in [7, 11) is 5.70. The highest BCUT2D eigenvalue weighted by molar-refractivity contribution is 6.01. The third-order valence-electron chi connectivity index (χ3n) is 7.65. The molecule has 2 fully saturated rings. The number of hydrogen-bond acceptors (Lipinski definition) is 9. The van der Waals surface area contributed by atoms with Crippen molar-refractivity contribution in [2.45, 2.75) is 12.5 Å². The molecule has 3 heterocycles. The van der Waals surface area contributed by atoms with Gasteiger partial charge >= 0.3 is 5.97 Å². The number of methoxy groups -OCH3 is 1. The highest BCUT2D eigenvalue weighted by Gasteiger charge is 2.36. The predicted octanol–water partition coefficient (Wildman–Crippen LogP) is 2.81. The van der Waals surface area contributed by atoms with Crippen LogP contribution in [0.5, 0.6) is 0 Å². The summed E-state index contributed by atoms with van der Waals surface area (Å²) in [4.78, 5) is 29.6. The van der Waals surface area contributed by atoms with E-state index in [0.29, 0.717) is 0 Å². The molecule has 5 rings (SSSR count). The van der Waals surface area contributed by atoms with Gasteiger partial charge in [-0.15, -0.1) is 0 Å². The van der Waals surface area contributed by atoms with Crippen LogP contribution in [0.25, 0.3) is 0 Å². The first-order valence-electron chi connectivity index (χ1n) is 13.6. The van der Waals surface area contributed by atoms with Gasteiger partial charge in [0, 0.05) is 69.3 Å². The number of carbonyl (C=O) groups is 1. The molecule has 204 valence electrons. The molecule has 9 heteroatoms. The van der Waals surface area contributed by atoms with Crippen molar-refractivity contribution in [2.75, 3.05) is 96.6 Å². The number of nitrogens with zero attached hydrogens (tertiary/aromatic N) is 6. The second kappa shape index (κ2) is 12.1. The lowest BCUT2D eigenvalue weighted by molar-refractivity contribution is -0.141. The fraction of sp³-hybridized carbons (Fsp3) is 0.517. The molecule has 0 amide bonds. The molecule has 2 aromatic rings. The van der Waals surface area contributed by atoms with E-state index in [1.807, 2.05) is 18.2 Å². The molecule has 0 aliphatic carbocycles. The van der Waals surface area contributed by atoms with Crippen LogP contribution in [-0.2, 0) is 14.3 Å². The molecule has 0 aromatic heterocycles. The quantitative estimate of drug-likeness (QED) is 0.517. The van der Waals surface area contributed by atoms with Gasteiger partial charge in [0.05, 0.1) is 38.5 Å². The smallest absolute Gasteiger partial charge is 0.307 e.